The second-order valence-corrected chi connectivity index (χ2v) is 8.64. The van der Waals surface area contributed by atoms with Gasteiger partial charge in [-0.15, -0.1) is 0 Å². The summed E-state index contributed by atoms with van der Waals surface area (Å²) in [5, 5.41) is 0.959. The van der Waals surface area contributed by atoms with Gasteiger partial charge in [0.1, 0.15) is 5.75 Å². The Labute approximate surface area is 174 Å². The molecule has 7 nitrogen and oxygen atoms in total. The molecular weight excluding hydrogens is 380 g/mol. The van der Waals surface area contributed by atoms with Crippen LogP contribution in [0.5, 0.6) is 5.75 Å². The highest BCUT2D eigenvalue weighted by molar-refractivity contribution is 5.87. The molecule has 1 saturated heterocycles. The van der Waals surface area contributed by atoms with Crippen molar-refractivity contribution >= 4 is 16.9 Å². The fourth-order valence-corrected chi connectivity index (χ4v) is 4.39. The van der Waals surface area contributed by atoms with Gasteiger partial charge in [0.15, 0.2) is 0 Å². The van der Waals surface area contributed by atoms with Crippen molar-refractivity contribution in [3.8, 4) is 17.0 Å². The van der Waals surface area contributed by atoms with Crippen LogP contribution < -0.4 is 16.0 Å². The Morgan fingerprint density at radius 1 is 1.17 bits per heavy atom. The van der Waals surface area contributed by atoms with Crippen LogP contribution in [0.2, 0.25) is 0 Å². The van der Waals surface area contributed by atoms with E-state index in [0.29, 0.717) is 16.7 Å². The number of benzene rings is 1. The fourth-order valence-electron chi connectivity index (χ4n) is 4.39. The van der Waals surface area contributed by atoms with Gasteiger partial charge < -0.3 is 20.4 Å². The summed E-state index contributed by atoms with van der Waals surface area (Å²) in [5.41, 5.74) is 7.10. The van der Waals surface area contributed by atoms with Crippen molar-refractivity contribution in [2.75, 3.05) is 26.2 Å². The van der Waals surface area contributed by atoms with Crippen LogP contribution in [0.4, 0.5) is 4.79 Å². The molecule has 0 radical (unpaired) electrons. The Morgan fingerprint density at radius 3 is 2.70 bits per heavy atom. The molecule has 7 heteroatoms. The Bertz CT molecular complexity index is 1150. The molecule has 5 rings (SSSR count). The van der Waals surface area contributed by atoms with Crippen LogP contribution in [0.1, 0.15) is 25.7 Å². The van der Waals surface area contributed by atoms with Crippen molar-refractivity contribution < 1.29 is 9.53 Å². The number of fused-ring (bicyclic) bond motifs is 1. The van der Waals surface area contributed by atoms with Crippen molar-refractivity contribution in [3.05, 3.63) is 52.9 Å². The van der Waals surface area contributed by atoms with E-state index in [1.54, 1.807) is 12.1 Å². The number of amides is 1. The molecule has 1 aliphatic carbocycles. The Morgan fingerprint density at radius 2 is 1.97 bits per heavy atom. The van der Waals surface area contributed by atoms with E-state index in [0.717, 1.165) is 34.4 Å². The molecule has 156 valence electrons. The molecule has 30 heavy (non-hydrogen) atoms. The minimum Gasteiger partial charge on any atom is -0.493 e. The van der Waals surface area contributed by atoms with Crippen LogP contribution >= 0.6 is 0 Å². The number of likely N-dealkylation sites (tertiary alicyclic amines) is 1. The molecule has 0 spiro atoms. The lowest BCUT2D eigenvalue weighted by Crippen LogP contribution is -2.31. The molecule has 1 aromatic carbocycles. The monoisotopic (exact) mass is 406 g/mol. The van der Waals surface area contributed by atoms with Gasteiger partial charge in [0.2, 0.25) is 0 Å². The van der Waals surface area contributed by atoms with Crippen molar-refractivity contribution in [2.45, 2.75) is 25.7 Å². The van der Waals surface area contributed by atoms with E-state index < -0.39 is 11.6 Å². The predicted molar refractivity (Wildman–Crippen MR) is 116 cm³/mol. The Balaban J connectivity index is 1.34. The van der Waals surface area contributed by atoms with E-state index >= 15 is 0 Å². The maximum absolute atomic E-state index is 12.5. The molecule has 0 unspecified atom stereocenters. The van der Waals surface area contributed by atoms with E-state index in [-0.39, 0.29) is 0 Å². The van der Waals surface area contributed by atoms with Gasteiger partial charge in [0.05, 0.1) is 17.9 Å². The largest absolute Gasteiger partial charge is 0.493 e. The zero-order valence-corrected chi connectivity index (χ0v) is 16.9. The third kappa shape index (κ3) is 3.61. The summed E-state index contributed by atoms with van der Waals surface area (Å²) in [5.74, 6) is 0.836. The third-order valence-corrected chi connectivity index (χ3v) is 6.33. The standard InChI is InChI=1S/C23H26N4O3/c24-22(29)27-11-3-4-18(21(27)28)20-13-16-12-17(5-6-19(16)25-20)30-15-23(7-8-23)14-26-9-1-2-10-26/h3-6,11-13,25H,1-2,7-10,14-15H2,(H2,24,29). The molecular formula is C23H26N4O3. The quantitative estimate of drug-likeness (QED) is 0.657. The van der Waals surface area contributed by atoms with Crippen LogP contribution in [0.25, 0.3) is 22.2 Å². The Hall–Kier alpha value is -3.06. The number of nitrogens with two attached hydrogens (primary N) is 1. The highest BCUT2D eigenvalue weighted by Gasteiger charge is 2.45. The maximum Gasteiger partial charge on any atom is 0.325 e. The first-order valence-electron chi connectivity index (χ1n) is 10.5. The number of nitrogens with one attached hydrogen (secondary N) is 1. The van der Waals surface area contributed by atoms with Crippen LogP contribution in [-0.2, 0) is 0 Å². The number of aromatic nitrogens is 2. The average molecular weight is 406 g/mol. The van der Waals surface area contributed by atoms with Gasteiger partial charge >= 0.3 is 6.03 Å². The topological polar surface area (TPSA) is 93.3 Å². The van der Waals surface area contributed by atoms with Crippen LogP contribution in [0.15, 0.2) is 47.4 Å². The highest BCUT2D eigenvalue weighted by atomic mass is 16.5. The molecule has 3 heterocycles. The van der Waals surface area contributed by atoms with Crippen LogP contribution in [0, 0.1) is 5.41 Å². The van der Waals surface area contributed by atoms with Crippen LogP contribution in [0.3, 0.4) is 0 Å². The maximum atomic E-state index is 12.5. The summed E-state index contributed by atoms with van der Waals surface area (Å²) in [4.78, 5) is 29.8. The number of primary amides is 1. The van der Waals surface area contributed by atoms with Crippen molar-refractivity contribution in [1.82, 2.24) is 14.5 Å². The van der Waals surface area contributed by atoms with Gasteiger partial charge in [-0.05, 0) is 75.2 Å². The number of aromatic amines is 1. The number of hydrogen-bond acceptors (Lipinski definition) is 4. The lowest BCUT2D eigenvalue weighted by atomic mass is 10.1. The first-order valence-corrected chi connectivity index (χ1v) is 10.5. The number of carbonyl (C=O) groups excluding carboxylic acids is 1. The minimum atomic E-state index is -0.795. The lowest BCUT2D eigenvalue weighted by Gasteiger charge is -2.23. The summed E-state index contributed by atoms with van der Waals surface area (Å²) in [6, 6.07) is 10.3. The van der Waals surface area contributed by atoms with Crippen molar-refractivity contribution in [3.63, 3.8) is 0 Å². The average Bonchev–Trinajstić information content (AvgIpc) is 3.12. The molecule has 2 aromatic heterocycles. The molecule has 2 aliphatic rings. The number of rotatable bonds is 6. The van der Waals surface area contributed by atoms with Gasteiger partial charge in [0.25, 0.3) is 5.56 Å². The predicted octanol–water partition coefficient (Wildman–Crippen LogP) is 3.18. The normalized spacial score (nSPS) is 18.0. The molecule has 1 saturated carbocycles. The first-order chi connectivity index (χ1) is 14.5. The minimum absolute atomic E-state index is 0.312. The smallest absolute Gasteiger partial charge is 0.325 e. The highest BCUT2D eigenvalue weighted by Crippen LogP contribution is 2.47. The van der Waals surface area contributed by atoms with Gasteiger partial charge in [-0.1, -0.05) is 0 Å². The number of carbonyl (C=O) groups is 1. The number of hydrogen-bond donors (Lipinski definition) is 2. The molecule has 0 bridgehead atoms. The van der Waals surface area contributed by atoms with E-state index in [2.05, 4.69) is 9.88 Å². The van der Waals surface area contributed by atoms with Crippen molar-refractivity contribution in [2.24, 2.45) is 11.1 Å². The molecule has 0 atom stereocenters. The molecule has 2 fully saturated rings. The second kappa shape index (κ2) is 7.32. The third-order valence-electron chi connectivity index (χ3n) is 6.33. The van der Waals surface area contributed by atoms with E-state index in [9.17, 15) is 9.59 Å². The number of ether oxygens (including phenoxy) is 1. The summed E-state index contributed by atoms with van der Waals surface area (Å²) >= 11 is 0. The Kier molecular flexibility index (Phi) is 4.62. The van der Waals surface area contributed by atoms with Gasteiger partial charge in [-0.25, -0.2) is 9.36 Å². The number of pyridine rings is 1. The fraction of sp³-hybridized carbons (Fsp3) is 0.391. The summed E-state index contributed by atoms with van der Waals surface area (Å²) in [6.45, 7) is 4.32. The van der Waals surface area contributed by atoms with E-state index in [4.69, 9.17) is 10.5 Å². The first kappa shape index (κ1) is 18.9. The number of nitrogens with zero attached hydrogens (tertiary/aromatic N) is 2. The lowest BCUT2D eigenvalue weighted by molar-refractivity contribution is 0.179. The van der Waals surface area contributed by atoms with Gasteiger partial charge in [-0.3, -0.25) is 4.79 Å². The molecule has 3 aromatic rings. The van der Waals surface area contributed by atoms with Crippen LogP contribution in [-0.4, -0.2) is 46.7 Å². The summed E-state index contributed by atoms with van der Waals surface area (Å²) in [7, 11) is 0. The molecule has 1 amide bonds. The summed E-state index contributed by atoms with van der Waals surface area (Å²) < 4.78 is 7.08. The zero-order chi connectivity index (χ0) is 20.7. The van der Waals surface area contributed by atoms with Gasteiger partial charge in [-0.2, -0.15) is 0 Å². The second-order valence-electron chi connectivity index (χ2n) is 8.64. The number of H-pyrrole nitrogens is 1. The SMILES string of the molecule is NC(=O)n1cccc(-c2cc3cc(OCC4(CN5CCCC5)CC4)ccc3[nH]2)c1=O. The van der Waals surface area contributed by atoms with Crippen molar-refractivity contribution in [1.29, 1.82) is 0 Å². The zero-order valence-electron chi connectivity index (χ0n) is 16.9. The molecule has 1 aliphatic heterocycles. The summed E-state index contributed by atoms with van der Waals surface area (Å²) in [6.07, 6.45) is 6.48. The van der Waals surface area contributed by atoms with E-state index in [1.807, 2.05) is 24.3 Å². The van der Waals surface area contributed by atoms with E-state index in [1.165, 1.54) is 45.0 Å². The molecule has 3 N–H and O–H groups in total. The van der Waals surface area contributed by atoms with Gasteiger partial charge in [0, 0.05) is 29.1 Å².